The topological polar surface area (TPSA) is 102 Å². The summed E-state index contributed by atoms with van der Waals surface area (Å²) in [5.74, 6) is 0.524. The zero-order valence-corrected chi connectivity index (χ0v) is 18.9. The van der Waals surface area contributed by atoms with Crippen LogP contribution in [0.5, 0.6) is 0 Å². The molecular weight excluding hydrogens is 404 g/mol. The number of hydrogen-bond acceptors (Lipinski definition) is 5. The molecule has 0 atom stereocenters. The predicted molar refractivity (Wildman–Crippen MR) is 125 cm³/mol. The molecule has 1 aromatic heterocycles. The maximum atomic E-state index is 11.0. The molecule has 1 saturated heterocycles. The molecule has 0 radical (unpaired) electrons. The van der Waals surface area contributed by atoms with Crippen LogP contribution < -0.4 is 5.32 Å². The average Bonchev–Trinajstić information content (AvgIpc) is 3.23. The maximum absolute atomic E-state index is 11.0. The summed E-state index contributed by atoms with van der Waals surface area (Å²) < 4.78 is 5.69. The third kappa shape index (κ3) is 5.27. The third-order valence-corrected chi connectivity index (χ3v) is 5.96. The molecule has 1 aliphatic heterocycles. The van der Waals surface area contributed by atoms with E-state index in [0.29, 0.717) is 24.6 Å². The number of carbonyl (C=O) groups is 1. The quantitative estimate of drug-likeness (QED) is 0.609. The van der Waals surface area contributed by atoms with Crippen LogP contribution in [0, 0.1) is 24.2 Å². The van der Waals surface area contributed by atoms with Gasteiger partial charge in [-0.1, -0.05) is 23.4 Å². The molecule has 168 valence electrons. The Hall–Kier alpha value is -3.37. The molecule has 1 aliphatic rings. The summed E-state index contributed by atoms with van der Waals surface area (Å²) in [6.07, 6.45) is 2.82. The van der Waals surface area contributed by atoms with Crippen LogP contribution in [0.4, 0.5) is 4.79 Å². The number of nitrogens with zero attached hydrogens (tertiary/aromatic N) is 3. The Kier molecular flexibility index (Phi) is 7.85. The fourth-order valence-corrected chi connectivity index (χ4v) is 4.16. The molecule has 2 aromatic carbocycles. The number of aryl methyl sites for hydroxylation is 2. The third-order valence-electron chi connectivity index (χ3n) is 5.96. The average molecular weight is 435 g/mol. The van der Waals surface area contributed by atoms with Gasteiger partial charge in [-0.3, -0.25) is 0 Å². The number of nitriles is 1. The highest BCUT2D eigenvalue weighted by Crippen LogP contribution is 2.32. The first-order chi connectivity index (χ1) is 15.5. The number of aromatic nitrogens is 1. The fourth-order valence-electron chi connectivity index (χ4n) is 4.16. The lowest BCUT2D eigenvalue weighted by atomic mass is 9.91. The summed E-state index contributed by atoms with van der Waals surface area (Å²) in [5.41, 5.74) is 5.58. The SMILES string of the molecule is CNC.Cc1c(-c2ccc(C#N)cc2)ccc2c(CCC3CCN(C(=O)O)CC3)noc12. The smallest absolute Gasteiger partial charge is 0.407 e. The number of likely N-dealkylation sites (tertiary alicyclic amines) is 1. The molecule has 3 aromatic rings. The van der Waals surface area contributed by atoms with Crippen LogP contribution in [0.3, 0.4) is 0 Å². The van der Waals surface area contributed by atoms with Crippen LogP contribution >= 0.6 is 0 Å². The van der Waals surface area contributed by atoms with E-state index in [1.54, 1.807) is 0 Å². The van der Waals surface area contributed by atoms with E-state index in [4.69, 9.17) is 14.9 Å². The van der Waals surface area contributed by atoms with E-state index in [2.05, 4.69) is 28.7 Å². The highest BCUT2D eigenvalue weighted by Gasteiger charge is 2.23. The van der Waals surface area contributed by atoms with Gasteiger partial charge >= 0.3 is 6.09 Å². The molecule has 4 rings (SSSR count). The summed E-state index contributed by atoms with van der Waals surface area (Å²) in [6, 6.07) is 13.8. The van der Waals surface area contributed by atoms with Gasteiger partial charge in [0, 0.05) is 24.0 Å². The molecule has 2 heterocycles. The Morgan fingerprint density at radius 2 is 1.88 bits per heavy atom. The molecule has 0 saturated carbocycles. The largest absolute Gasteiger partial charge is 0.465 e. The summed E-state index contributed by atoms with van der Waals surface area (Å²) >= 11 is 0. The molecule has 0 bridgehead atoms. The van der Waals surface area contributed by atoms with Gasteiger partial charge < -0.3 is 19.8 Å². The molecule has 0 unspecified atom stereocenters. The first-order valence-corrected chi connectivity index (χ1v) is 10.9. The van der Waals surface area contributed by atoms with Crippen LogP contribution in [-0.4, -0.2) is 48.4 Å². The Morgan fingerprint density at radius 1 is 1.22 bits per heavy atom. The van der Waals surface area contributed by atoms with Crippen molar-refractivity contribution in [3.8, 4) is 17.2 Å². The maximum Gasteiger partial charge on any atom is 0.407 e. The molecule has 1 amide bonds. The first-order valence-electron chi connectivity index (χ1n) is 10.9. The monoisotopic (exact) mass is 434 g/mol. The summed E-state index contributed by atoms with van der Waals surface area (Å²) in [5, 5.41) is 26.2. The Labute approximate surface area is 188 Å². The second-order valence-electron chi connectivity index (χ2n) is 8.18. The lowest BCUT2D eigenvalue weighted by Crippen LogP contribution is -2.37. The summed E-state index contributed by atoms with van der Waals surface area (Å²) in [4.78, 5) is 12.5. The zero-order chi connectivity index (χ0) is 23.1. The van der Waals surface area contributed by atoms with Crippen LogP contribution in [-0.2, 0) is 6.42 Å². The molecule has 0 spiro atoms. The van der Waals surface area contributed by atoms with Gasteiger partial charge in [0.15, 0.2) is 5.58 Å². The number of fused-ring (bicyclic) bond motifs is 1. The number of piperidine rings is 1. The number of nitrogens with one attached hydrogen (secondary N) is 1. The molecule has 2 N–H and O–H groups in total. The van der Waals surface area contributed by atoms with E-state index in [-0.39, 0.29) is 0 Å². The van der Waals surface area contributed by atoms with Crippen molar-refractivity contribution in [2.24, 2.45) is 5.92 Å². The lowest BCUT2D eigenvalue weighted by Gasteiger charge is -2.29. The van der Waals surface area contributed by atoms with Crippen LogP contribution in [0.15, 0.2) is 40.9 Å². The molecule has 7 heteroatoms. The van der Waals surface area contributed by atoms with E-state index in [0.717, 1.165) is 59.0 Å². The van der Waals surface area contributed by atoms with Crippen molar-refractivity contribution in [3.05, 3.63) is 53.2 Å². The van der Waals surface area contributed by atoms with Gasteiger partial charge in [-0.2, -0.15) is 5.26 Å². The van der Waals surface area contributed by atoms with Crippen LogP contribution in [0.2, 0.25) is 0 Å². The zero-order valence-electron chi connectivity index (χ0n) is 18.9. The van der Waals surface area contributed by atoms with Crippen molar-refractivity contribution < 1.29 is 14.4 Å². The number of hydrogen-bond donors (Lipinski definition) is 2. The van der Waals surface area contributed by atoms with Crippen molar-refractivity contribution in [3.63, 3.8) is 0 Å². The summed E-state index contributed by atoms with van der Waals surface area (Å²) in [7, 11) is 3.75. The van der Waals surface area contributed by atoms with Gasteiger partial charge in [0.1, 0.15) is 0 Å². The van der Waals surface area contributed by atoms with Gasteiger partial charge in [-0.15, -0.1) is 0 Å². The van der Waals surface area contributed by atoms with Gasteiger partial charge in [-0.05, 0) is 81.9 Å². The molecular formula is C25H30N4O3. The number of benzene rings is 2. The normalized spacial score (nSPS) is 14.0. The Balaban J connectivity index is 0.000000913. The van der Waals surface area contributed by atoms with E-state index in [1.807, 2.05) is 45.3 Å². The van der Waals surface area contributed by atoms with Crippen molar-refractivity contribution in [2.75, 3.05) is 27.2 Å². The summed E-state index contributed by atoms with van der Waals surface area (Å²) in [6.45, 7) is 3.27. The van der Waals surface area contributed by atoms with E-state index in [9.17, 15) is 4.79 Å². The predicted octanol–water partition coefficient (Wildman–Crippen LogP) is 4.83. The molecule has 1 fully saturated rings. The van der Waals surface area contributed by atoms with E-state index < -0.39 is 6.09 Å². The van der Waals surface area contributed by atoms with Crippen LogP contribution in [0.1, 0.15) is 36.1 Å². The molecule has 0 aliphatic carbocycles. The highest BCUT2D eigenvalue weighted by molar-refractivity contribution is 5.89. The number of carboxylic acid groups (broad SMARTS) is 1. The minimum absolute atomic E-state index is 0.524. The standard InChI is InChI=1S/C23H23N3O3.C2H7N/c1-15-19(18-5-2-17(14-24)3-6-18)7-8-20-21(25-29-22(15)20)9-4-16-10-12-26(13-11-16)23(27)28;1-3-2/h2-3,5-8,16H,4,9-13H2,1H3,(H,27,28);3H,1-2H3. The second-order valence-corrected chi connectivity index (χ2v) is 8.18. The fraction of sp³-hybridized carbons (Fsp3) is 0.400. The number of rotatable bonds is 4. The Morgan fingerprint density at radius 3 is 2.47 bits per heavy atom. The van der Waals surface area contributed by atoms with Gasteiger partial charge in [0.05, 0.1) is 17.3 Å². The van der Waals surface area contributed by atoms with Crippen molar-refractivity contribution in [2.45, 2.75) is 32.6 Å². The Bertz CT molecular complexity index is 1090. The first kappa shape index (κ1) is 23.3. The highest BCUT2D eigenvalue weighted by atomic mass is 16.5. The van der Waals surface area contributed by atoms with Gasteiger partial charge in [-0.25, -0.2) is 4.79 Å². The minimum atomic E-state index is -0.820. The molecule has 7 nitrogen and oxygen atoms in total. The van der Waals surface area contributed by atoms with Gasteiger partial charge in [0.25, 0.3) is 0 Å². The van der Waals surface area contributed by atoms with Crippen molar-refractivity contribution >= 4 is 17.1 Å². The van der Waals surface area contributed by atoms with E-state index in [1.165, 1.54) is 4.90 Å². The van der Waals surface area contributed by atoms with E-state index >= 15 is 0 Å². The molecule has 32 heavy (non-hydrogen) atoms. The lowest BCUT2D eigenvalue weighted by molar-refractivity contribution is 0.123. The second kappa shape index (κ2) is 10.8. The van der Waals surface area contributed by atoms with Crippen LogP contribution in [0.25, 0.3) is 22.1 Å². The number of amides is 1. The van der Waals surface area contributed by atoms with Crippen molar-refractivity contribution in [1.29, 1.82) is 5.26 Å². The van der Waals surface area contributed by atoms with Gasteiger partial charge in [0.2, 0.25) is 0 Å². The minimum Gasteiger partial charge on any atom is -0.465 e. The van der Waals surface area contributed by atoms with Crippen molar-refractivity contribution in [1.82, 2.24) is 15.4 Å².